The minimum Gasteiger partial charge on any atom is -0.453 e. The molecule has 3 nitrogen and oxygen atoms in total. The van der Waals surface area contributed by atoms with Crippen molar-refractivity contribution in [3.63, 3.8) is 0 Å². The average Bonchev–Trinajstić information content (AvgIpc) is 2.55. The highest BCUT2D eigenvalue weighted by atomic mass is 35.5. The third kappa shape index (κ3) is 5.64. The minimum atomic E-state index is -0.211. The highest BCUT2D eigenvalue weighted by Gasteiger charge is 2.10. The van der Waals surface area contributed by atoms with Gasteiger partial charge in [-0.25, -0.2) is 0 Å². The van der Waals surface area contributed by atoms with Crippen LogP contribution in [0, 0.1) is 0 Å². The normalized spacial score (nSPS) is 11.5. The largest absolute Gasteiger partial charge is 0.453 e. The number of hydrogen-bond donors (Lipinski definition) is 0. The first-order chi connectivity index (χ1) is 11.0. The average molecular weight is 328 g/mol. The van der Waals surface area contributed by atoms with Gasteiger partial charge in [0.1, 0.15) is 5.75 Å². The second kappa shape index (κ2) is 8.20. The maximum Gasteiger partial charge on any atom is 0.222 e. The molecule has 4 heteroatoms. The number of nitrogens with zero attached hydrogens (tertiary/aromatic N) is 1. The first-order valence-electron chi connectivity index (χ1n) is 7.14. The third-order valence-electron chi connectivity index (χ3n) is 2.91. The van der Waals surface area contributed by atoms with E-state index in [0.29, 0.717) is 10.8 Å². The zero-order valence-electron chi connectivity index (χ0n) is 13.1. The molecule has 0 saturated carbocycles. The Kier molecular flexibility index (Phi) is 6.01. The van der Waals surface area contributed by atoms with Crippen LogP contribution in [0.5, 0.6) is 5.75 Å². The van der Waals surface area contributed by atoms with Crippen LogP contribution in [0.25, 0.3) is 6.08 Å². The SMILES string of the molecule is CN(C)/C=C\C(=O)/C(=C\c1ccccc1)Oc1ccc(Cl)cc1. The Bertz CT molecular complexity index is 704. The molecule has 0 N–H and O–H groups in total. The van der Waals surface area contributed by atoms with Crippen LogP contribution in [0.2, 0.25) is 5.02 Å². The van der Waals surface area contributed by atoms with E-state index < -0.39 is 0 Å². The summed E-state index contributed by atoms with van der Waals surface area (Å²) in [5, 5.41) is 0.616. The molecule has 0 unspecified atom stereocenters. The zero-order chi connectivity index (χ0) is 16.7. The van der Waals surface area contributed by atoms with E-state index in [1.165, 1.54) is 6.08 Å². The molecule has 2 aromatic rings. The maximum atomic E-state index is 12.4. The Morgan fingerprint density at radius 1 is 1.04 bits per heavy atom. The summed E-state index contributed by atoms with van der Waals surface area (Å²) >= 11 is 5.87. The fourth-order valence-electron chi connectivity index (χ4n) is 1.78. The summed E-state index contributed by atoms with van der Waals surface area (Å²) in [5.41, 5.74) is 0.892. The van der Waals surface area contributed by atoms with Crippen molar-refractivity contribution >= 4 is 23.5 Å². The summed E-state index contributed by atoms with van der Waals surface area (Å²) in [6.07, 6.45) is 4.88. The molecular weight excluding hydrogens is 310 g/mol. The van der Waals surface area contributed by atoms with Gasteiger partial charge in [-0.2, -0.15) is 0 Å². The van der Waals surface area contributed by atoms with Crippen LogP contribution < -0.4 is 4.74 Å². The van der Waals surface area contributed by atoms with Crippen molar-refractivity contribution in [2.45, 2.75) is 0 Å². The van der Waals surface area contributed by atoms with Gasteiger partial charge in [0.25, 0.3) is 0 Å². The Balaban J connectivity index is 2.29. The standard InChI is InChI=1S/C19H18ClNO2/c1-21(2)13-12-18(22)19(14-15-6-4-3-5-7-15)23-17-10-8-16(20)9-11-17/h3-14H,1-2H3/b13-12-,19-14+. The summed E-state index contributed by atoms with van der Waals surface area (Å²) in [6.45, 7) is 0. The van der Waals surface area contributed by atoms with E-state index in [9.17, 15) is 4.79 Å². The predicted octanol–water partition coefficient (Wildman–Crippen LogP) is 4.40. The van der Waals surface area contributed by atoms with Crippen LogP contribution >= 0.6 is 11.6 Å². The van der Waals surface area contributed by atoms with Crippen LogP contribution in [0.1, 0.15) is 5.56 Å². The second-order valence-corrected chi connectivity index (χ2v) is 5.56. The zero-order valence-corrected chi connectivity index (χ0v) is 13.8. The molecule has 2 aromatic carbocycles. The van der Waals surface area contributed by atoms with Crippen molar-refractivity contribution in [2.75, 3.05) is 14.1 Å². The quantitative estimate of drug-likeness (QED) is 0.581. The highest BCUT2D eigenvalue weighted by molar-refractivity contribution is 6.30. The van der Waals surface area contributed by atoms with E-state index in [4.69, 9.17) is 16.3 Å². The van der Waals surface area contributed by atoms with Crippen molar-refractivity contribution < 1.29 is 9.53 Å². The molecule has 0 fully saturated rings. The number of rotatable bonds is 6. The number of allylic oxidation sites excluding steroid dienone is 1. The van der Waals surface area contributed by atoms with Crippen molar-refractivity contribution in [3.8, 4) is 5.75 Å². The number of ketones is 1. The van der Waals surface area contributed by atoms with Crippen LogP contribution in [-0.4, -0.2) is 24.8 Å². The molecule has 2 rings (SSSR count). The molecule has 0 saturated heterocycles. The number of carbonyl (C=O) groups is 1. The fraction of sp³-hybridized carbons (Fsp3) is 0.105. The smallest absolute Gasteiger partial charge is 0.222 e. The van der Waals surface area contributed by atoms with Gasteiger partial charge in [-0.3, -0.25) is 4.79 Å². The van der Waals surface area contributed by atoms with Gasteiger partial charge in [-0.15, -0.1) is 0 Å². The van der Waals surface area contributed by atoms with E-state index >= 15 is 0 Å². The van der Waals surface area contributed by atoms with Gasteiger partial charge in [-0.05, 0) is 35.9 Å². The molecule has 0 atom stereocenters. The molecule has 0 heterocycles. The van der Waals surface area contributed by atoms with E-state index in [1.54, 1.807) is 41.4 Å². The molecule has 0 amide bonds. The van der Waals surface area contributed by atoms with Crippen LogP contribution in [0.3, 0.4) is 0 Å². The number of halogens is 1. The lowest BCUT2D eigenvalue weighted by Gasteiger charge is -2.09. The summed E-state index contributed by atoms with van der Waals surface area (Å²) in [4.78, 5) is 14.2. The third-order valence-corrected chi connectivity index (χ3v) is 3.16. The molecule has 0 aliphatic heterocycles. The molecule has 0 spiro atoms. The molecule has 0 aromatic heterocycles. The molecule has 23 heavy (non-hydrogen) atoms. The Hall–Kier alpha value is -2.52. The van der Waals surface area contributed by atoms with E-state index in [-0.39, 0.29) is 11.5 Å². The first kappa shape index (κ1) is 16.8. The van der Waals surface area contributed by atoms with Gasteiger partial charge < -0.3 is 9.64 Å². The molecule has 0 bridgehead atoms. The number of hydrogen-bond acceptors (Lipinski definition) is 3. The van der Waals surface area contributed by atoms with Gasteiger partial charge in [0.05, 0.1) is 0 Å². The van der Waals surface area contributed by atoms with Crippen LogP contribution in [0.4, 0.5) is 0 Å². The molecule has 118 valence electrons. The predicted molar refractivity (Wildman–Crippen MR) is 94.3 cm³/mol. The summed E-state index contributed by atoms with van der Waals surface area (Å²) in [7, 11) is 3.70. The maximum absolute atomic E-state index is 12.4. The lowest BCUT2D eigenvalue weighted by molar-refractivity contribution is -0.113. The van der Waals surface area contributed by atoms with Gasteiger partial charge in [0, 0.05) is 31.4 Å². The van der Waals surface area contributed by atoms with Gasteiger partial charge in [0.15, 0.2) is 5.76 Å². The molecular formula is C19H18ClNO2. The second-order valence-electron chi connectivity index (χ2n) is 5.12. The van der Waals surface area contributed by atoms with E-state index in [0.717, 1.165) is 5.56 Å². The van der Waals surface area contributed by atoms with Crippen molar-refractivity contribution in [3.05, 3.63) is 83.2 Å². The number of benzene rings is 2. The van der Waals surface area contributed by atoms with E-state index in [2.05, 4.69) is 0 Å². The first-order valence-corrected chi connectivity index (χ1v) is 7.51. The van der Waals surface area contributed by atoms with Gasteiger partial charge in [0.2, 0.25) is 5.78 Å². The highest BCUT2D eigenvalue weighted by Crippen LogP contribution is 2.19. The van der Waals surface area contributed by atoms with Crippen LogP contribution in [-0.2, 0) is 4.79 Å². The van der Waals surface area contributed by atoms with Crippen LogP contribution in [0.15, 0.2) is 72.6 Å². The van der Waals surface area contributed by atoms with Crippen molar-refractivity contribution in [1.82, 2.24) is 4.90 Å². The monoisotopic (exact) mass is 327 g/mol. The molecule has 0 radical (unpaired) electrons. The Morgan fingerprint density at radius 3 is 2.30 bits per heavy atom. The van der Waals surface area contributed by atoms with Crippen molar-refractivity contribution in [2.24, 2.45) is 0 Å². The fourth-order valence-corrected chi connectivity index (χ4v) is 1.91. The topological polar surface area (TPSA) is 29.5 Å². The van der Waals surface area contributed by atoms with Crippen molar-refractivity contribution in [1.29, 1.82) is 0 Å². The summed E-state index contributed by atoms with van der Waals surface area (Å²) in [6, 6.07) is 16.5. The Morgan fingerprint density at radius 2 is 1.70 bits per heavy atom. The summed E-state index contributed by atoms with van der Waals surface area (Å²) in [5.74, 6) is 0.595. The number of ether oxygens (including phenoxy) is 1. The van der Waals surface area contributed by atoms with Gasteiger partial charge in [-0.1, -0.05) is 41.9 Å². The van der Waals surface area contributed by atoms with Gasteiger partial charge >= 0.3 is 0 Å². The summed E-state index contributed by atoms with van der Waals surface area (Å²) < 4.78 is 5.75. The number of carbonyl (C=O) groups excluding carboxylic acids is 1. The minimum absolute atomic E-state index is 0.211. The van der Waals surface area contributed by atoms with E-state index in [1.807, 2.05) is 44.4 Å². The molecule has 0 aliphatic rings. The Labute approximate surface area is 141 Å². The molecule has 0 aliphatic carbocycles. The lowest BCUT2D eigenvalue weighted by atomic mass is 10.1. The lowest BCUT2D eigenvalue weighted by Crippen LogP contribution is -2.09.